The minimum atomic E-state index is 0.140. The van der Waals surface area contributed by atoms with Gasteiger partial charge in [-0.1, -0.05) is 12.5 Å². The molecular formula is C15H21NS. The third kappa shape index (κ3) is 1.47. The van der Waals surface area contributed by atoms with Crippen molar-refractivity contribution in [2.45, 2.75) is 44.1 Å². The van der Waals surface area contributed by atoms with Crippen molar-refractivity contribution in [1.82, 2.24) is 0 Å². The van der Waals surface area contributed by atoms with Gasteiger partial charge in [-0.25, -0.2) is 0 Å². The molecule has 0 aromatic carbocycles. The van der Waals surface area contributed by atoms with Gasteiger partial charge in [0.15, 0.2) is 0 Å². The normalized spacial score (nSPS) is 47.6. The largest absolute Gasteiger partial charge is 0.325 e. The van der Waals surface area contributed by atoms with Gasteiger partial charge in [-0.2, -0.15) is 0 Å². The maximum atomic E-state index is 6.80. The third-order valence-electron chi connectivity index (χ3n) is 5.77. The Morgan fingerprint density at radius 3 is 3.06 bits per heavy atom. The second-order valence-electron chi connectivity index (χ2n) is 6.55. The van der Waals surface area contributed by atoms with Crippen molar-refractivity contribution in [3.63, 3.8) is 0 Å². The van der Waals surface area contributed by atoms with E-state index < -0.39 is 0 Å². The highest BCUT2D eigenvalue weighted by molar-refractivity contribution is 7.09. The van der Waals surface area contributed by atoms with E-state index in [1.807, 2.05) is 11.3 Å². The molecule has 3 fully saturated rings. The third-order valence-corrected chi connectivity index (χ3v) is 6.64. The van der Waals surface area contributed by atoms with Crippen LogP contribution in [0, 0.1) is 23.7 Å². The van der Waals surface area contributed by atoms with Crippen LogP contribution in [0.25, 0.3) is 0 Å². The smallest absolute Gasteiger partial charge is 0.0237 e. The van der Waals surface area contributed by atoms with E-state index in [0.29, 0.717) is 0 Å². The first-order chi connectivity index (χ1) is 8.26. The average Bonchev–Trinajstić information content (AvgIpc) is 2.96. The molecule has 0 aliphatic heterocycles. The molecule has 3 aliphatic rings. The molecule has 0 saturated heterocycles. The Balaban J connectivity index is 1.59. The van der Waals surface area contributed by atoms with Crippen molar-refractivity contribution in [1.29, 1.82) is 0 Å². The number of hydrogen-bond acceptors (Lipinski definition) is 2. The van der Waals surface area contributed by atoms with Gasteiger partial charge in [0, 0.05) is 16.8 Å². The molecule has 1 nitrogen and oxygen atoms in total. The zero-order chi connectivity index (χ0) is 11.5. The summed E-state index contributed by atoms with van der Waals surface area (Å²) < 4.78 is 0. The zero-order valence-corrected chi connectivity index (χ0v) is 11.1. The Morgan fingerprint density at radius 2 is 2.24 bits per heavy atom. The molecule has 92 valence electrons. The molecule has 5 atom stereocenters. The van der Waals surface area contributed by atoms with Crippen molar-refractivity contribution in [2.75, 3.05) is 0 Å². The molecule has 2 heteroatoms. The summed E-state index contributed by atoms with van der Waals surface area (Å²) in [6.07, 6.45) is 8.32. The van der Waals surface area contributed by atoms with E-state index in [1.54, 1.807) is 0 Å². The standard InChI is InChI=1S/C15H21NS/c16-15(9-11-3-2-6-17-11)8-10-7-14(15)13-5-1-4-12(10)13/h2-3,6,10,12-14H,1,4-5,7-9,16H2. The van der Waals surface area contributed by atoms with Gasteiger partial charge in [-0.3, -0.25) is 0 Å². The summed E-state index contributed by atoms with van der Waals surface area (Å²) in [6, 6.07) is 4.42. The molecule has 3 aliphatic carbocycles. The van der Waals surface area contributed by atoms with E-state index in [1.165, 1.54) is 37.0 Å². The summed E-state index contributed by atoms with van der Waals surface area (Å²) in [7, 11) is 0. The SMILES string of the molecule is NC1(Cc2cccs2)CC2CC1C1CCCC21. The van der Waals surface area contributed by atoms with Crippen LogP contribution < -0.4 is 5.73 Å². The van der Waals surface area contributed by atoms with Crippen molar-refractivity contribution >= 4 is 11.3 Å². The van der Waals surface area contributed by atoms with E-state index in [0.717, 1.165) is 30.1 Å². The van der Waals surface area contributed by atoms with Crippen LogP contribution in [0.1, 0.15) is 37.0 Å². The highest BCUT2D eigenvalue weighted by atomic mass is 32.1. The van der Waals surface area contributed by atoms with Gasteiger partial charge < -0.3 is 5.73 Å². The van der Waals surface area contributed by atoms with Crippen LogP contribution >= 0.6 is 11.3 Å². The first-order valence-corrected chi connectivity index (χ1v) is 7.95. The van der Waals surface area contributed by atoms with Gasteiger partial charge >= 0.3 is 0 Å². The fraction of sp³-hybridized carbons (Fsp3) is 0.733. The molecule has 17 heavy (non-hydrogen) atoms. The first-order valence-electron chi connectivity index (χ1n) is 7.07. The quantitative estimate of drug-likeness (QED) is 0.851. The molecule has 1 aromatic rings. The summed E-state index contributed by atoms with van der Waals surface area (Å²) in [6.45, 7) is 0. The lowest BCUT2D eigenvalue weighted by Crippen LogP contribution is -2.50. The van der Waals surface area contributed by atoms with E-state index >= 15 is 0 Å². The molecule has 1 aromatic heterocycles. The number of thiophene rings is 1. The van der Waals surface area contributed by atoms with Crippen molar-refractivity contribution in [3.05, 3.63) is 22.4 Å². The predicted octanol–water partition coefficient (Wildman–Crippen LogP) is 3.44. The number of hydrogen-bond donors (Lipinski definition) is 1. The minimum Gasteiger partial charge on any atom is -0.325 e. The molecular weight excluding hydrogens is 226 g/mol. The molecule has 0 amide bonds. The van der Waals surface area contributed by atoms with Gasteiger partial charge in [0.1, 0.15) is 0 Å². The maximum absolute atomic E-state index is 6.80. The molecule has 1 heterocycles. The Morgan fingerprint density at radius 1 is 1.35 bits per heavy atom. The van der Waals surface area contributed by atoms with Crippen molar-refractivity contribution in [3.8, 4) is 0 Å². The van der Waals surface area contributed by atoms with Crippen LogP contribution in [0.2, 0.25) is 0 Å². The summed E-state index contributed by atoms with van der Waals surface area (Å²) >= 11 is 1.88. The van der Waals surface area contributed by atoms with Crippen LogP contribution in [0.15, 0.2) is 17.5 Å². The average molecular weight is 247 g/mol. The molecule has 0 radical (unpaired) electrons. The number of rotatable bonds is 2. The maximum Gasteiger partial charge on any atom is 0.0237 e. The summed E-state index contributed by atoms with van der Waals surface area (Å²) in [5, 5.41) is 2.18. The minimum absolute atomic E-state index is 0.140. The van der Waals surface area contributed by atoms with E-state index in [4.69, 9.17) is 5.73 Å². The monoisotopic (exact) mass is 247 g/mol. The second kappa shape index (κ2) is 3.58. The molecule has 5 unspecified atom stereocenters. The Kier molecular flexibility index (Phi) is 2.23. The Labute approximate surface area is 107 Å². The van der Waals surface area contributed by atoms with Gasteiger partial charge in [-0.05, 0) is 60.8 Å². The fourth-order valence-electron chi connectivity index (χ4n) is 5.25. The van der Waals surface area contributed by atoms with Crippen LogP contribution in [-0.2, 0) is 6.42 Å². The van der Waals surface area contributed by atoms with E-state index in [2.05, 4.69) is 17.5 Å². The van der Waals surface area contributed by atoms with E-state index in [9.17, 15) is 0 Å². The lowest BCUT2D eigenvalue weighted by molar-refractivity contribution is 0.157. The van der Waals surface area contributed by atoms with Crippen LogP contribution in [0.4, 0.5) is 0 Å². The number of nitrogens with two attached hydrogens (primary N) is 1. The molecule has 4 rings (SSSR count). The van der Waals surface area contributed by atoms with Crippen LogP contribution in [0.5, 0.6) is 0 Å². The summed E-state index contributed by atoms with van der Waals surface area (Å²) in [5.74, 6) is 3.85. The van der Waals surface area contributed by atoms with Gasteiger partial charge in [0.2, 0.25) is 0 Å². The van der Waals surface area contributed by atoms with Crippen molar-refractivity contribution in [2.24, 2.45) is 29.4 Å². The van der Waals surface area contributed by atoms with Gasteiger partial charge in [-0.15, -0.1) is 11.3 Å². The van der Waals surface area contributed by atoms with Gasteiger partial charge in [0.25, 0.3) is 0 Å². The predicted molar refractivity (Wildman–Crippen MR) is 72.0 cm³/mol. The molecule has 0 spiro atoms. The number of fused-ring (bicyclic) bond motifs is 5. The molecule has 2 bridgehead atoms. The fourth-order valence-corrected chi connectivity index (χ4v) is 6.10. The topological polar surface area (TPSA) is 26.0 Å². The van der Waals surface area contributed by atoms with Crippen LogP contribution in [-0.4, -0.2) is 5.54 Å². The summed E-state index contributed by atoms with van der Waals surface area (Å²) in [4.78, 5) is 1.49. The van der Waals surface area contributed by atoms with Crippen molar-refractivity contribution < 1.29 is 0 Å². The second-order valence-corrected chi connectivity index (χ2v) is 7.59. The lowest BCUT2D eigenvalue weighted by Gasteiger charge is -2.40. The Hall–Kier alpha value is -0.340. The molecule has 3 saturated carbocycles. The molecule has 2 N–H and O–H groups in total. The zero-order valence-electron chi connectivity index (χ0n) is 10.3. The summed E-state index contributed by atoms with van der Waals surface area (Å²) in [5.41, 5.74) is 6.94. The van der Waals surface area contributed by atoms with Gasteiger partial charge in [0.05, 0.1) is 0 Å². The highest BCUT2D eigenvalue weighted by Crippen LogP contribution is 2.62. The van der Waals surface area contributed by atoms with E-state index in [-0.39, 0.29) is 5.54 Å². The van der Waals surface area contributed by atoms with Crippen LogP contribution in [0.3, 0.4) is 0 Å². The lowest BCUT2D eigenvalue weighted by atomic mass is 9.70. The first kappa shape index (κ1) is 10.6. The Bertz CT molecular complexity index is 413. The highest BCUT2D eigenvalue weighted by Gasteiger charge is 2.59.